The smallest absolute Gasteiger partial charge is 0.304 e. The molecule has 0 bridgehead atoms. The number of esters is 1. The number of rotatable bonds is 8. The van der Waals surface area contributed by atoms with Crippen molar-refractivity contribution in [3.05, 3.63) is 82.5 Å². The van der Waals surface area contributed by atoms with Crippen molar-refractivity contribution in [1.82, 2.24) is 19.1 Å². The molecule has 210 valence electrons. The van der Waals surface area contributed by atoms with Crippen molar-refractivity contribution in [3.63, 3.8) is 0 Å². The van der Waals surface area contributed by atoms with E-state index >= 15 is 0 Å². The predicted octanol–water partition coefficient (Wildman–Crippen LogP) is 4.60. The minimum Gasteiger partial charge on any atom is -0.441 e. The molecule has 1 fully saturated rings. The highest BCUT2D eigenvalue weighted by Gasteiger charge is 2.30. The first-order valence-electron chi connectivity index (χ1n) is 13.6. The molecule has 1 unspecified atom stereocenters. The van der Waals surface area contributed by atoms with E-state index in [9.17, 15) is 14.0 Å². The van der Waals surface area contributed by atoms with E-state index in [4.69, 9.17) is 9.72 Å². The Kier molecular flexibility index (Phi) is 7.86. The normalized spacial score (nSPS) is 15.0. The van der Waals surface area contributed by atoms with E-state index in [2.05, 4.69) is 20.5 Å². The van der Waals surface area contributed by atoms with E-state index in [-0.39, 0.29) is 23.3 Å². The number of ether oxygens (including phenoxy) is 1. The molecule has 2 aromatic carbocycles. The van der Waals surface area contributed by atoms with E-state index in [1.54, 1.807) is 0 Å². The molecule has 0 spiro atoms. The van der Waals surface area contributed by atoms with Crippen molar-refractivity contribution >= 4 is 28.9 Å². The molecular formula is C30H35FN6O3. The number of carbonyl (C=O) groups excluding carboxylic acids is 1. The molecule has 9 nitrogen and oxygen atoms in total. The maximum atomic E-state index is 13.5. The molecule has 1 saturated heterocycles. The van der Waals surface area contributed by atoms with E-state index in [1.165, 1.54) is 35.9 Å². The Bertz CT molecular complexity index is 1540. The number of benzene rings is 2. The summed E-state index contributed by atoms with van der Waals surface area (Å²) < 4.78 is 22.7. The number of carbonyl (C=O) groups is 1. The van der Waals surface area contributed by atoms with Gasteiger partial charge >= 0.3 is 5.97 Å². The van der Waals surface area contributed by atoms with E-state index in [0.717, 1.165) is 48.5 Å². The van der Waals surface area contributed by atoms with Gasteiger partial charge in [0.25, 0.3) is 5.56 Å². The lowest BCUT2D eigenvalue weighted by Crippen LogP contribution is -2.46. The van der Waals surface area contributed by atoms with Crippen molar-refractivity contribution in [1.29, 1.82) is 0 Å². The van der Waals surface area contributed by atoms with Crippen LogP contribution >= 0.6 is 0 Å². The molecular weight excluding hydrogens is 511 g/mol. The van der Waals surface area contributed by atoms with Crippen molar-refractivity contribution in [3.8, 4) is 0 Å². The Hall–Kier alpha value is -4.21. The van der Waals surface area contributed by atoms with Gasteiger partial charge < -0.3 is 19.1 Å². The second kappa shape index (κ2) is 11.5. The van der Waals surface area contributed by atoms with Gasteiger partial charge in [0, 0.05) is 51.3 Å². The van der Waals surface area contributed by atoms with E-state index in [1.807, 2.05) is 56.1 Å². The fraction of sp³-hybridized carbons (Fsp3) is 0.400. The van der Waals surface area contributed by atoms with E-state index < -0.39 is 12.2 Å². The number of hydrogen-bond donors (Lipinski definition) is 0. The number of fused-ring (bicyclic) bond motifs is 1. The standard InChI is InChI=1S/C30H35FN6O3/c1-20(2)28(40-21(3)38)37-27(39)13-16-32-29(37)34(4)24-14-17-35(18-15-24)30-33-25-7-5-6-8-26(25)36(30)19-22-9-11-23(31)12-10-22/h5-13,16,20,24,28H,14-15,17-19H2,1-4H3. The highest BCUT2D eigenvalue weighted by Crippen LogP contribution is 2.30. The van der Waals surface area contributed by atoms with Crippen molar-refractivity contribution in [2.75, 3.05) is 29.9 Å². The first-order valence-corrected chi connectivity index (χ1v) is 13.6. The number of nitrogens with zero attached hydrogens (tertiary/aromatic N) is 6. The molecule has 5 rings (SSSR count). The summed E-state index contributed by atoms with van der Waals surface area (Å²) in [6.07, 6.45) is 2.40. The summed E-state index contributed by atoms with van der Waals surface area (Å²) in [6, 6.07) is 16.2. The first kappa shape index (κ1) is 27.4. The molecule has 0 radical (unpaired) electrons. The number of piperidine rings is 1. The van der Waals surface area contributed by atoms with Crippen LogP contribution < -0.4 is 15.4 Å². The van der Waals surface area contributed by atoms with Crippen molar-refractivity contribution in [2.24, 2.45) is 5.92 Å². The van der Waals surface area contributed by atoms with Crippen LogP contribution in [0.1, 0.15) is 45.4 Å². The zero-order chi connectivity index (χ0) is 28.4. The Morgan fingerprint density at radius 1 is 1.10 bits per heavy atom. The lowest BCUT2D eigenvalue weighted by Gasteiger charge is -2.39. The van der Waals surface area contributed by atoms with E-state index in [0.29, 0.717) is 12.5 Å². The maximum Gasteiger partial charge on any atom is 0.304 e. The van der Waals surface area contributed by atoms with Crippen LogP contribution in [-0.2, 0) is 16.1 Å². The molecule has 2 aromatic heterocycles. The van der Waals surface area contributed by atoms with Gasteiger partial charge in [-0.2, -0.15) is 0 Å². The average molecular weight is 547 g/mol. The second-order valence-corrected chi connectivity index (χ2v) is 10.6. The zero-order valence-electron chi connectivity index (χ0n) is 23.3. The number of anilines is 2. The summed E-state index contributed by atoms with van der Waals surface area (Å²) in [5.41, 5.74) is 2.69. The quantitative estimate of drug-likeness (QED) is 0.299. The van der Waals surface area contributed by atoms with Crippen LogP contribution in [-0.4, -0.2) is 51.3 Å². The molecule has 0 saturated carbocycles. The molecule has 1 atom stereocenters. The van der Waals surface area contributed by atoms with Crippen LogP contribution in [0.15, 0.2) is 65.6 Å². The molecule has 40 heavy (non-hydrogen) atoms. The largest absolute Gasteiger partial charge is 0.441 e. The monoisotopic (exact) mass is 546 g/mol. The summed E-state index contributed by atoms with van der Waals surface area (Å²) in [4.78, 5) is 38.6. The molecule has 1 aliphatic rings. The van der Waals surface area contributed by atoms with Crippen LogP contribution in [0.4, 0.5) is 16.3 Å². The summed E-state index contributed by atoms with van der Waals surface area (Å²) in [5, 5.41) is 0. The first-order chi connectivity index (χ1) is 19.2. The number of aromatic nitrogens is 4. The van der Waals surface area contributed by atoms with Crippen molar-refractivity contribution < 1.29 is 13.9 Å². The summed E-state index contributed by atoms with van der Waals surface area (Å²) in [6.45, 7) is 7.27. The lowest BCUT2D eigenvalue weighted by atomic mass is 10.0. The molecule has 1 aliphatic heterocycles. The third kappa shape index (κ3) is 5.57. The molecule has 4 aromatic rings. The molecule has 10 heteroatoms. The number of hydrogen-bond acceptors (Lipinski definition) is 7. The van der Waals surface area contributed by atoms with Crippen LogP contribution in [0.5, 0.6) is 0 Å². The Morgan fingerprint density at radius 3 is 2.48 bits per heavy atom. The number of halogens is 1. The molecule has 0 amide bonds. The Labute approximate surface area is 232 Å². The van der Waals surface area contributed by atoms with Crippen LogP contribution in [0, 0.1) is 11.7 Å². The SMILES string of the molecule is CC(=O)OC(C(C)C)n1c(N(C)C2CCN(c3nc4ccccc4n3Cc3ccc(F)cc3)CC2)nccc1=O. The maximum absolute atomic E-state index is 13.5. The van der Waals surface area contributed by atoms with Gasteiger partial charge in [0.1, 0.15) is 5.82 Å². The Morgan fingerprint density at radius 2 is 1.80 bits per heavy atom. The summed E-state index contributed by atoms with van der Waals surface area (Å²) in [5.74, 6) is 0.552. The zero-order valence-corrected chi connectivity index (χ0v) is 23.3. The predicted molar refractivity (Wildman–Crippen MR) is 153 cm³/mol. The highest BCUT2D eigenvalue weighted by atomic mass is 19.1. The van der Waals surface area contributed by atoms with Crippen molar-refractivity contribution in [2.45, 2.75) is 52.4 Å². The van der Waals surface area contributed by atoms with Crippen LogP contribution in [0.2, 0.25) is 0 Å². The fourth-order valence-corrected chi connectivity index (χ4v) is 5.41. The lowest BCUT2D eigenvalue weighted by molar-refractivity contribution is -0.154. The van der Waals surface area contributed by atoms with Gasteiger partial charge in [0.05, 0.1) is 17.6 Å². The average Bonchev–Trinajstić information content (AvgIpc) is 3.31. The van der Waals surface area contributed by atoms with Gasteiger partial charge in [-0.15, -0.1) is 0 Å². The minimum absolute atomic E-state index is 0.117. The fourth-order valence-electron chi connectivity index (χ4n) is 5.41. The van der Waals surface area contributed by atoms with Gasteiger partial charge in [-0.3, -0.25) is 9.59 Å². The van der Waals surface area contributed by atoms with Gasteiger partial charge in [-0.25, -0.2) is 18.9 Å². The minimum atomic E-state index is -0.748. The molecule has 3 heterocycles. The number of imidazole rings is 1. The molecule has 0 aliphatic carbocycles. The van der Waals surface area contributed by atoms with Gasteiger partial charge in [-0.05, 0) is 42.7 Å². The number of para-hydroxylation sites is 2. The summed E-state index contributed by atoms with van der Waals surface area (Å²) in [7, 11) is 1.94. The third-order valence-corrected chi connectivity index (χ3v) is 7.47. The van der Waals surface area contributed by atoms with Gasteiger partial charge in [0.15, 0.2) is 6.23 Å². The third-order valence-electron chi connectivity index (χ3n) is 7.47. The second-order valence-electron chi connectivity index (χ2n) is 10.6. The van der Waals surface area contributed by atoms with Crippen LogP contribution in [0.3, 0.4) is 0 Å². The van der Waals surface area contributed by atoms with Gasteiger partial charge in [0.2, 0.25) is 11.9 Å². The topological polar surface area (TPSA) is 85.5 Å². The molecule has 0 N–H and O–H groups in total. The van der Waals surface area contributed by atoms with Crippen LogP contribution in [0.25, 0.3) is 11.0 Å². The summed E-state index contributed by atoms with van der Waals surface area (Å²) >= 11 is 0. The van der Waals surface area contributed by atoms with Gasteiger partial charge in [-0.1, -0.05) is 38.1 Å². The Balaban J connectivity index is 1.38. The highest BCUT2D eigenvalue weighted by molar-refractivity contribution is 5.79.